The number of carbonyl (C=O) groups excluding carboxylic acids is 1. The van der Waals surface area contributed by atoms with Crippen molar-refractivity contribution in [2.75, 3.05) is 6.61 Å². The molecule has 1 rings (SSSR count). The van der Waals surface area contributed by atoms with Gasteiger partial charge in [-0.15, -0.1) is 0 Å². The van der Waals surface area contributed by atoms with Gasteiger partial charge in [0.1, 0.15) is 5.82 Å². The van der Waals surface area contributed by atoms with Crippen molar-refractivity contribution >= 4 is 27.9 Å². The van der Waals surface area contributed by atoms with Gasteiger partial charge in [0.15, 0.2) is 5.41 Å². The maximum atomic E-state index is 13.9. The topological polar surface area (TPSA) is 63.6 Å². The van der Waals surface area contributed by atoms with Crippen LogP contribution in [0.25, 0.3) is 0 Å². The van der Waals surface area contributed by atoms with Crippen molar-refractivity contribution in [3.63, 3.8) is 0 Å². The summed E-state index contributed by atoms with van der Waals surface area (Å²) in [4.78, 5) is 23.5. The molecule has 0 aliphatic carbocycles. The second kappa shape index (κ2) is 6.83. The van der Waals surface area contributed by atoms with Crippen LogP contribution in [0.5, 0.6) is 0 Å². The summed E-state index contributed by atoms with van der Waals surface area (Å²) in [6.07, 6.45) is -0.215. The average molecular weight is 347 g/mol. The standard InChI is InChI=1S/C14H16BrFO4/c1-3-14(12(17)18,13(19)20-4-2)8-9-5-6-10(15)7-11(9)16/h5-7H,3-4,8H2,1-2H3,(H,17,18). The molecular weight excluding hydrogens is 331 g/mol. The maximum Gasteiger partial charge on any atom is 0.323 e. The quantitative estimate of drug-likeness (QED) is 0.634. The summed E-state index contributed by atoms with van der Waals surface area (Å²) in [5, 5.41) is 9.40. The number of hydrogen-bond acceptors (Lipinski definition) is 3. The molecule has 0 aliphatic heterocycles. The van der Waals surface area contributed by atoms with Gasteiger partial charge in [0.05, 0.1) is 6.61 Å². The molecule has 0 aromatic heterocycles. The first-order valence-corrected chi connectivity index (χ1v) is 7.01. The van der Waals surface area contributed by atoms with E-state index in [0.29, 0.717) is 4.47 Å². The van der Waals surface area contributed by atoms with Crippen molar-refractivity contribution in [1.29, 1.82) is 0 Å². The highest BCUT2D eigenvalue weighted by molar-refractivity contribution is 9.10. The highest BCUT2D eigenvalue weighted by atomic mass is 79.9. The monoisotopic (exact) mass is 346 g/mol. The van der Waals surface area contributed by atoms with Gasteiger partial charge in [-0.2, -0.15) is 0 Å². The van der Waals surface area contributed by atoms with E-state index in [0.717, 1.165) is 0 Å². The number of ether oxygens (including phenoxy) is 1. The van der Waals surface area contributed by atoms with Crippen LogP contribution in [0.15, 0.2) is 22.7 Å². The number of halogens is 2. The Morgan fingerprint density at radius 3 is 2.50 bits per heavy atom. The van der Waals surface area contributed by atoms with E-state index in [1.807, 2.05) is 0 Å². The van der Waals surface area contributed by atoms with Gasteiger partial charge in [-0.1, -0.05) is 28.9 Å². The molecule has 1 atom stereocenters. The fourth-order valence-electron chi connectivity index (χ4n) is 1.92. The highest BCUT2D eigenvalue weighted by Crippen LogP contribution is 2.31. The Morgan fingerprint density at radius 1 is 1.40 bits per heavy atom. The van der Waals surface area contributed by atoms with E-state index in [1.165, 1.54) is 12.1 Å². The van der Waals surface area contributed by atoms with Gasteiger partial charge in [0, 0.05) is 10.9 Å². The molecule has 0 saturated carbocycles. The van der Waals surface area contributed by atoms with E-state index in [9.17, 15) is 19.1 Å². The van der Waals surface area contributed by atoms with Crippen molar-refractivity contribution < 1.29 is 23.8 Å². The molecule has 0 bridgehead atoms. The summed E-state index contributed by atoms with van der Waals surface area (Å²) < 4.78 is 19.2. The first kappa shape index (κ1) is 16.6. The first-order chi connectivity index (χ1) is 9.37. The number of aliphatic carboxylic acids is 1. The molecule has 0 amide bonds. The molecule has 1 aromatic carbocycles. The highest BCUT2D eigenvalue weighted by Gasteiger charge is 2.46. The molecule has 20 heavy (non-hydrogen) atoms. The SMILES string of the molecule is CCOC(=O)C(CC)(Cc1ccc(Br)cc1F)C(=O)O. The van der Waals surface area contributed by atoms with Crippen molar-refractivity contribution in [2.45, 2.75) is 26.7 Å². The number of rotatable bonds is 6. The van der Waals surface area contributed by atoms with E-state index in [2.05, 4.69) is 15.9 Å². The summed E-state index contributed by atoms with van der Waals surface area (Å²) in [5.41, 5.74) is -1.59. The molecule has 4 nitrogen and oxygen atoms in total. The summed E-state index contributed by atoms with van der Waals surface area (Å²) >= 11 is 3.13. The van der Waals surface area contributed by atoms with Crippen LogP contribution < -0.4 is 0 Å². The predicted octanol–water partition coefficient (Wildman–Crippen LogP) is 3.17. The number of carboxylic acid groups (broad SMARTS) is 1. The Hall–Kier alpha value is -1.43. The largest absolute Gasteiger partial charge is 0.480 e. The number of carboxylic acids is 1. The molecule has 1 N–H and O–H groups in total. The molecule has 1 unspecified atom stereocenters. The van der Waals surface area contributed by atoms with E-state index in [4.69, 9.17) is 4.74 Å². The fraction of sp³-hybridized carbons (Fsp3) is 0.429. The van der Waals surface area contributed by atoms with Crippen LogP contribution in [-0.4, -0.2) is 23.7 Å². The third kappa shape index (κ3) is 3.36. The fourth-order valence-corrected chi connectivity index (χ4v) is 2.25. The van der Waals surface area contributed by atoms with E-state index in [-0.39, 0.29) is 25.0 Å². The van der Waals surface area contributed by atoms with Crippen LogP contribution in [-0.2, 0) is 20.7 Å². The first-order valence-electron chi connectivity index (χ1n) is 6.22. The second-order valence-corrected chi connectivity index (χ2v) is 5.29. The average Bonchev–Trinajstić information content (AvgIpc) is 2.38. The summed E-state index contributed by atoms with van der Waals surface area (Å²) in [7, 11) is 0. The van der Waals surface area contributed by atoms with Gasteiger partial charge in [-0.25, -0.2) is 4.39 Å². The molecular formula is C14H16BrFO4. The van der Waals surface area contributed by atoms with Crippen LogP contribution in [0.1, 0.15) is 25.8 Å². The van der Waals surface area contributed by atoms with Crippen LogP contribution >= 0.6 is 15.9 Å². The van der Waals surface area contributed by atoms with Gasteiger partial charge in [-0.3, -0.25) is 9.59 Å². The third-order valence-electron chi connectivity index (χ3n) is 3.19. The zero-order chi connectivity index (χ0) is 15.3. The zero-order valence-corrected chi connectivity index (χ0v) is 12.9. The number of esters is 1. The van der Waals surface area contributed by atoms with Gasteiger partial charge in [0.25, 0.3) is 0 Å². The molecule has 0 aliphatic rings. The minimum absolute atomic E-state index is 0.0245. The molecule has 0 heterocycles. The molecule has 6 heteroatoms. The van der Waals surface area contributed by atoms with Crippen molar-refractivity contribution in [2.24, 2.45) is 5.41 Å². The smallest absolute Gasteiger partial charge is 0.323 e. The Labute approximate surface area is 125 Å². The second-order valence-electron chi connectivity index (χ2n) is 4.37. The van der Waals surface area contributed by atoms with Crippen LogP contribution in [0.4, 0.5) is 4.39 Å². The van der Waals surface area contributed by atoms with Gasteiger partial charge < -0.3 is 9.84 Å². The molecule has 0 saturated heterocycles. The zero-order valence-electron chi connectivity index (χ0n) is 11.3. The summed E-state index contributed by atoms with van der Waals surface area (Å²) in [5.74, 6) is -2.69. The van der Waals surface area contributed by atoms with Crippen LogP contribution in [0.2, 0.25) is 0 Å². The van der Waals surface area contributed by atoms with Crippen molar-refractivity contribution in [3.8, 4) is 0 Å². The molecule has 1 aromatic rings. The summed E-state index contributed by atoms with van der Waals surface area (Å²) in [6.45, 7) is 3.25. The lowest BCUT2D eigenvalue weighted by Crippen LogP contribution is -2.42. The van der Waals surface area contributed by atoms with E-state index < -0.39 is 23.2 Å². The molecule has 0 fully saturated rings. The van der Waals surface area contributed by atoms with Gasteiger partial charge in [0.2, 0.25) is 0 Å². The van der Waals surface area contributed by atoms with Crippen LogP contribution in [0.3, 0.4) is 0 Å². The molecule has 0 radical (unpaired) electrons. The van der Waals surface area contributed by atoms with Crippen molar-refractivity contribution in [1.82, 2.24) is 0 Å². The minimum Gasteiger partial charge on any atom is -0.480 e. The van der Waals surface area contributed by atoms with E-state index >= 15 is 0 Å². The van der Waals surface area contributed by atoms with Crippen molar-refractivity contribution in [3.05, 3.63) is 34.1 Å². The lowest BCUT2D eigenvalue weighted by molar-refractivity contribution is -0.168. The molecule has 110 valence electrons. The normalized spacial score (nSPS) is 13.6. The number of benzene rings is 1. The summed E-state index contributed by atoms with van der Waals surface area (Å²) in [6, 6.07) is 4.31. The third-order valence-corrected chi connectivity index (χ3v) is 3.68. The lowest BCUT2D eigenvalue weighted by Gasteiger charge is -2.26. The Balaban J connectivity index is 3.18. The number of hydrogen-bond donors (Lipinski definition) is 1. The maximum absolute atomic E-state index is 13.9. The predicted molar refractivity (Wildman–Crippen MR) is 74.8 cm³/mol. The van der Waals surface area contributed by atoms with Crippen LogP contribution in [0, 0.1) is 11.2 Å². The van der Waals surface area contributed by atoms with Gasteiger partial charge in [-0.05, 0) is 31.0 Å². The van der Waals surface area contributed by atoms with E-state index in [1.54, 1.807) is 19.9 Å². The molecule has 0 spiro atoms. The Morgan fingerprint density at radius 2 is 2.05 bits per heavy atom. The Kier molecular flexibility index (Phi) is 5.68. The lowest BCUT2D eigenvalue weighted by atomic mass is 9.79. The number of carbonyl (C=O) groups is 2. The minimum atomic E-state index is -1.76. The van der Waals surface area contributed by atoms with Gasteiger partial charge >= 0.3 is 11.9 Å². The Bertz CT molecular complexity index is 518.